The van der Waals surface area contributed by atoms with Crippen LogP contribution in [0.15, 0.2) is 0 Å². The number of ketones is 1. The fourth-order valence-electron chi connectivity index (χ4n) is 0.401. The van der Waals surface area contributed by atoms with Gasteiger partial charge in [-0.05, 0) is 6.92 Å². The van der Waals surface area contributed by atoms with Crippen LogP contribution in [0.1, 0.15) is 13.3 Å². The van der Waals surface area contributed by atoms with Gasteiger partial charge in [0.1, 0.15) is 5.78 Å². The molecular weight excluding hydrogens is 136 g/mol. The van der Waals surface area contributed by atoms with E-state index in [0.717, 1.165) is 5.01 Å². The summed E-state index contributed by atoms with van der Waals surface area (Å²) < 4.78 is 0. The highest BCUT2D eigenvalue weighted by molar-refractivity contribution is 5.75. The van der Waals surface area contributed by atoms with Crippen LogP contribution >= 0.6 is 0 Å². The summed E-state index contributed by atoms with van der Waals surface area (Å²) in [6, 6.07) is 0. The van der Waals surface area contributed by atoms with Crippen LogP contribution in [0.2, 0.25) is 0 Å². The summed E-state index contributed by atoms with van der Waals surface area (Å²) in [5.74, 6) is -0.0336. The van der Waals surface area contributed by atoms with Crippen molar-refractivity contribution in [2.24, 2.45) is 0 Å². The van der Waals surface area contributed by atoms with Crippen LogP contribution in [0.3, 0.4) is 0 Å². The molecule has 0 aliphatic rings. The summed E-state index contributed by atoms with van der Waals surface area (Å²) in [5, 5.41) is 10.3. The zero-order valence-electron chi connectivity index (χ0n) is 6.03. The Kier molecular flexibility index (Phi) is 3.38. The maximum atomic E-state index is 10.3. The predicted molar refractivity (Wildman–Crippen MR) is 34.9 cm³/mol. The third kappa shape index (κ3) is 3.82. The number of carbonyl (C=O) groups excluding carboxylic acids is 1. The molecule has 0 saturated carbocycles. The van der Waals surface area contributed by atoms with Gasteiger partial charge in [-0.3, -0.25) is 4.79 Å². The SMILES string of the molecule is CC(=O)CCN(C)[N+](=O)[O-]. The van der Waals surface area contributed by atoms with E-state index < -0.39 is 5.03 Å². The van der Waals surface area contributed by atoms with Crippen LogP contribution in [0.25, 0.3) is 0 Å². The molecule has 0 N–H and O–H groups in total. The van der Waals surface area contributed by atoms with E-state index in [1.165, 1.54) is 14.0 Å². The second-order valence-corrected chi connectivity index (χ2v) is 2.07. The first-order chi connectivity index (χ1) is 4.54. The van der Waals surface area contributed by atoms with Crippen LogP contribution in [0.5, 0.6) is 0 Å². The highest BCUT2D eigenvalue weighted by Crippen LogP contribution is 1.87. The summed E-state index contributed by atoms with van der Waals surface area (Å²) in [6.45, 7) is 1.59. The molecule has 0 aliphatic heterocycles. The van der Waals surface area contributed by atoms with Crippen molar-refractivity contribution in [3.05, 3.63) is 10.1 Å². The van der Waals surface area contributed by atoms with Crippen molar-refractivity contribution in [2.45, 2.75) is 13.3 Å². The van der Waals surface area contributed by atoms with E-state index in [4.69, 9.17) is 0 Å². The number of nitro groups is 1. The standard InChI is InChI=1S/C5H10N2O3/c1-5(8)3-4-6(2)7(9)10/h3-4H2,1-2H3. The summed E-state index contributed by atoms with van der Waals surface area (Å²) >= 11 is 0. The van der Waals surface area contributed by atoms with Crippen LogP contribution in [-0.4, -0.2) is 29.4 Å². The molecule has 0 amide bonds. The highest BCUT2D eigenvalue weighted by Gasteiger charge is 2.06. The Morgan fingerprint density at radius 1 is 1.70 bits per heavy atom. The molecule has 0 unspecified atom stereocenters. The Hall–Kier alpha value is -1.13. The highest BCUT2D eigenvalue weighted by atomic mass is 16.7. The number of hydrogen-bond acceptors (Lipinski definition) is 3. The number of rotatable bonds is 4. The quantitative estimate of drug-likeness (QED) is 0.416. The Bertz CT molecular complexity index is 146. The average molecular weight is 146 g/mol. The van der Waals surface area contributed by atoms with Gasteiger partial charge in [-0.25, -0.2) is 10.1 Å². The van der Waals surface area contributed by atoms with Gasteiger partial charge in [0.15, 0.2) is 5.03 Å². The van der Waals surface area contributed by atoms with Crippen LogP contribution in [-0.2, 0) is 4.79 Å². The topological polar surface area (TPSA) is 63.5 Å². The van der Waals surface area contributed by atoms with Gasteiger partial charge in [-0.2, -0.15) is 0 Å². The molecule has 0 aromatic rings. The fourth-order valence-corrected chi connectivity index (χ4v) is 0.401. The Morgan fingerprint density at radius 2 is 2.20 bits per heavy atom. The van der Waals surface area contributed by atoms with Crippen molar-refractivity contribution in [2.75, 3.05) is 13.6 Å². The molecule has 0 atom stereocenters. The molecule has 0 heterocycles. The largest absolute Gasteiger partial charge is 0.300 e. The minimum Gasteiger partial charge on any atom is -0.300 e. The lowest BCUT2D eigenvalue weighted by atomic mass is 10.3. The van der Waals surface area contributed by atoms with E-state index in [1.54, 1.807) is 0 Å². The number of Topliss-reactive ketones (excluding diaryl/α,β-unsaturated/α-hetero) is 1. The van der Waals surface area contributed by atoms with E-state index >= 15 is 0 Å². The number of hydrazine groups is 1. The second kappa shape index (κ2) is 3.81. The number of hydrogen-bond donors (Lipinski definition) is 0. The molecule has 0 saturated heterocycles. The molecule has 0 bridgehead atoms. The van der Waals surface area contributed by atoms with E-state index in [-0.39, 0.29) is 18.7 Å². The van der Waals surface area contributed by atoms with Gasteiger partial charge in [-0.15, -0.1) is 5.01 Å². The summed E-state index contributed by atoms with van der Waals surface area (Å²) in [6.07, 6.45) is 0.234. The summed E-state index contributed by atoms with van der Waals surface area (Å²) in [7, 11) is 1.34. The first kappa shape index (κ1) is 8.87. The van der Waals surface area contributed by atoms with E-state index in [2.05, 4.69) is 0 Å². The van der Waals surface area contributed by atoms with Gasteiger partial charge in [0.25, 0.3) is 0 Å². The van der Waals surface area contributed by atoms with Crippen LogP contribution in [0, 0.1) is 10.1 Å². The van der Waals surface area contributed by atoms with Gasteiger partial charge >= 0.3 is 0 Å². The Labute approximate surface area is 58.7 Å². The predicted octanol–water partition coefficient (Wildman–Crippen LogP) is 0.0890. The molecule has 0 radical (unpaired) electrons. The van der Waals surface area contributed by atoms with Crippen LogP contribution in [0.4, 0.5) is 0 Å². The van der Waals surface area contributed by atoms with E-state index in [1.807, 2.05) is 0 Å². The first-order valence-corrected chi connectivity index (χ1v) is 2.89. The van der Waals surface area contributed by atoms with Gasteiger partial charge in [0.2, 0.25) is 0 Å². The summed E-state index contributed by atoms with van der Waals surface area (Å²) in [5.41, 5.74) is 0. The zero-order valence-corrected chi connectivity index (χ0v) is 6.03. The van der Waals surface area contributed by atoms with Crippen molar-refractivity contribution in [3.63, 3.8) is 0 Å². The van der Waals surface area contributed by atoms with E-state index in [9.17, 15) is 14.9 Å². The van der Waals surface area contributed by atoms with E-state index in [0.29, 0.717) is 0 Å². The molecular formula is C5H10N2O3. The molecule has 0 aromatic carbocycles. The molecule has 0 aliphatic carbocycles. The third-order valence-electron chi connectivity index (χ3n) is 1.07. The monoisotopic (exact) mass is 146 g/mol. The first-order valence-electron chi connectivity index (χ1n) is 2.89. The zero-order chi connectivity index (χ0) is 8.15. The van der Waals surface area contributed by atoms with Crippen molar-refractivity contribution in [1.82, 2.24) is 5.01 Å². The molecule has 0 aromatic heterocycles. The fraction of sp³-hybridized carbons (Fsp3) is 0.800. The normalized spacial score (nSPS) is 9.00. The molecule has 5 heteroatoms. The lowest BCUT2D eigenvalue weighted by Gasteiger charge is -2.05. The smallest absolute Gasteiger partial charge is 0.159 e. The lowest BCUT2D eigenvalue weighted by molar-refractivity contribution is -0.648. The average Bonchev–Trinajstić information content (AvgIpc) is 1.82. The molecule has 10 heavy (non-hydrogen) atoms. The van der Waals surface area contributed by atoms with Gasteiger partial charge in [-0.1, -0.05) is 0 Å². The van der Waals surface area contributed by atoms with Gasteiger partial charge < -0.3 is 0 Å². The molecule has 0 rings (SSSR count). The molecule has 5 nitrogen and oxygen atoms in total. The minimum absolute atomic E-state index is 0.0336. The Morgan fingerprint density at radius 3 is 2.50 bits per heavy atom. The molecule has 58 valence electrons. The van der Waals surface area contributed by atoms with Crippen molar-refractivity contribution >= 4 is 5.78 Å². The second-order valence-electron chi connectivity index (χ2n) is 2.07. The third-order valence-corrected chi connectivity index (χ3v) is 1.07. The van der Waals surface area contributed by atoms with Gasteiger partial charge in [0, 0.05) is 6.42 Å². The number of nitrogens with zero attached hydrogens (tertiary/aromatic N) is 2. The van der Waals surface area contributed by atoms with Gasteiger partial charge in [0.05, 0.1) is 13.6 Å². The van der Waals surface area contributed by atoms with Crippen LogP contribution < -0.4 is 0 Å². The Balaban J connectivity index is 3.49. The maximum absolute atomic E-state index is 10.3. The summed E-state index contributed by atoms with van der Waals surface area (Å²) in [4.78, 5) is 20.3. The van der Waals surface area contributed by atoms with Crippen molar-refractivity contribution in [3.8, 4) is 0 Å². The maximum Gasteiger partial charge on any atom is 0.159 e. The molecule has 0 spiro atoms. The number of carbonyl (C=O) groups is 1. The van der Waals surface area contributed by atoms with Crippen molar-refractivity contribution in [1.29, 1.82) is 0 Å². The minimum atomic E-state index is -0.539. The lowest BCUT2D eigenvalue weighted by Crippen LogP contribution is -2.27. The van der Waals surface area contributed by atoms with Crippen molar-refractivity contribution < 1.29 is 9.83 Å². The molecule has 0 fully saturated rings.